The Hall–Kier alpha value is -0.590. The van der Waals surface area contributed by atoms with Crippen molar-refractivity contribution in [1.29, 1.82) is 0 Å². The van der Waals surface area contributed by atoms with Crippen LogP contribution < -0.4 is 5.73 Å². The van der Waals surface area contributed by atoms with Gasteiger partial charge in [0.05, 0.1) is 11.7 Å². The summed E-state index contributed by atoms with van der Waals surface area (Å²) in [6.07, 6.45) is 0.160. The molecule has 0 spiro atoms. The first kappa shape index (κ1) is 16.8. The smallest absolute Gasteiger partial charge is 0.378 e. The van der Waals surface area contributed by atoms with Crippen molar-refractivity contribution in [3.63, 3.8) is 0 Å². The Labute approximate surface area is 131 Å². The van der Waals surface area contributed by atoms with E-state index < -0.39 is 17.8 Å². The maximum absolute atomic E-state index is 13.1. The van der Waals surface area contributed by atoms with Crippen molar-refractivity contribution in [2.75, 3.05) is 6.61 Å². The molecule has 2 N–H and O–H groups in total. The average molecular weight is 366 g/mol. The summed E-state index contributed by atoms with van der Waals surface area (Å²) in [7, 11) is 0. The molecule has 1 saturated heterocycles. The summed E-state index contributed by atoms with van der Waals surface area (Å²) in [4.78, 5) is 0. The van der Waals surface area contributed by atoms with Gasteiger partial charge in [0.2, 0.25) is 0 Å². The molecule has 118 valence electrons. The Bertz CT molecular complexity index is 472. The van der Waals surface area contributed by atoms with Crippen LogP contribution in [0.15, 0.2) is 22.7 Å². The largest absolute Gasteiger partial charge is 0.416 e. The van der Waals surface area contributed by atoms with Gasteiger partial charge in [0.15, 0.2) is 0 Å². The predicted octanol–water partition coefficient (Wildman–Crippen LogP) is 4.82. The zero-order valence-corrected chi connectivity index (χ0v) is 13.2. The van der Waals surface area contributed by atoms with E-state index in [9.17, 15) is 13.2 Å². The SMILES string of the molecule is NC(CCCC1CCCO1)c1ccc(Br)cc1C(F)(F)F. The molecule has 2 nitrogen and oxygen atoms in total. The van der Waals surface area contributed by atoms with Gasteiger partial charge in [0, 0.05) is 17.1 Å². The van der Waals surface area contributed by atoms with E-state index in [0.29, 0.717) is 10.9 Å². The maximum atomic E-state index is 13.1. The number of ether oxygens (including phenoxy) is 1. The lowest BCUT2D eigenvalue weighted by Crippen LogP contribution is -2.18. The average Bonchev–Trinajstić information content (AvgIpc) is 2.90. The fraction of sp³-hybridized carbons (Fsp3) is 0.600. The second kappa shape index (κ2) is 7.11. The van der Waals surface area contributed by atoms with Crippen LogP contribution in [0.3, 0.4) is 0 Å². The fourth-order valence-electron chi connectivity index (χ4n) is 2.69. The number of benzene rings is 1. The minimum absolute atomic E-state index is 0.165. The van der Waals surface area contributed by atoms with Crippen LogP contribution in [0.25, 0.3) is 0 Å². The summed E-state index contributed by atoms with van der Waals surface area (Å²) in [6, 6.07) is 3.56. The molecule has 0 amide bonds. The van der Waals surface area contributed by atoms with Crippen molar-refractivity contribution in [2.45, 2.75) is 50.4 Å². The van der Waals surface area contributed by atoms with Gasteiger partial charge in [-0.3, -0.25) is 0 Å². The summed E-state index contributed by atoms with van der Waals surface area (Å²) >= 11 is 3.08. The Morgan fingerprint density at radius 1 is 1.38 bits per heavy atom. The van der Waals surface area contributed by atoms with Crippen LogP contribution in [0.5, 0.6) is 0 Å². The topological polar surface area (TPSA) is 35.2 Å². The van der Waals surface area contributed by atoms with Gasteiger partial charge in [0.25, 0.3) is 0 Å². The molecular formula is C15H19BrF3NO. The quantitative estimate of drug-likeness (QED) is 0.811. The van der Waals surface area contributed by atoms with Crippen LogP contribution in [-0.2, 0) is 10.9 Å². The Morgan fingerprint density at radius 3 is 2.76 bits per heavy atom. The molecule has 2 unspecified atom stereocenters. The molecule has 1 aliphatic rings. The van der Waals surface area contributed by atoms with E-state index in [2.05, 4.69) is 15.9 Å². The van der Waals surface area contributed by atoms with Crippen molar-refractivity contribution >= 4 is 15.9 Å². The van der Waals surface area contributed by atoms with Crippen LogP contribution in [0.2, 0.25) is 0 Å². The molecule has 6 heteroatoms. The first-order chi connectivity index (χ1) is 9.88. The standard InChI is InChI=1S/C15H19BrF3NO/c16-10-6-7-12(13(9-10)15(17,18)19)14(20)5-1-3-11-4-2-8-21-11/h6-7,9,11,14H,1-5,8,20H2. The number of hydrogen-bond acceptors (Lipinski definition) is 2. The third-order valence-corrected chi connectivity index (χ3v) is 4.28. The van der Waals surface area contributed by atoms with E-state index in [0.717, 1.165) is 38.4 Å². The van der Waals surface area contributed by atoms with Gasteiger partial charge in [-0.25, -0.2) is 0 Å². The number of nitrogens with two attached hydrogens (primary N) is 1. The minimum Gasteiger partial charge on any atom is -0.378 e. The normalized spacial score (nSPS) is 20.7. The molecule has 2 rings (SSSR count). The van der Waals surface area contributed by atoms with Gasteiger partial charge in [-0.15, -0.1) is 0 Å². The molecule has 21 heavy (non-hydrogen) atoms. The summed E-state index contributed by atoms with van der Waals surface area (Å²) < 4.78 is 45.1. The Morgan fingerprint density at radius 2 is 2.14 bits per heavy atom. The fourth-order valence-corrected chi connectivity index (χ4v) is 3.05. The van der Waals surface area contributed by atoms with Crippen molar-refractivity contribution in [3.8, 4) is 0 Å². The molecule has 0 radical (unpaired) electrons. The summed E-state index contributed by atoms with van der Waals surface area (Å²) in [5.74, 6) is 0. The minimum atomic E-state index is -4.38. The molecule has 1 aliphatic heterocycles. The number of alkyl halides is 3. The third kappa shape index (κ3) is 4.69. The van der Waals surface area contributed by atoms with Crippen molar-refractivity contribution in [1.82, 2.24) is 0 Å². The summed E-state index contributed by atoms with van der Waals surface area (Å²) in [5, 5.41) is 0. The van der Waals surface area contributed by atoms with E-state index in [4.69, 9.17) is 10.5 Å². The highest BCUT2D eigenvalue weighted by molar-refractivity contribution is 9.10. The van der Waals surface area contributed by atoms with Crippen LogP contribution in [0, 0.1) is 0 Å². The van der Waals surface area contributed by atoms with Crippen LogP contribution in [0.1, 0.15) is 49.3 Å². The maximum Gasteiger partial charge on any atom is 0.416 e. The molecule has 0 aromatic heterocycles. The summed E-state index contributed by atoms with van der Waals surface area (Å²) in [6.45, 7) is 0.793. The van der Waals surface area contributed by atoms with E-state index in [1.807, 2.05) is 0 Å². The molecule has 2 atom stereocenters. The Kier molecular flexibility index (Phi) is 5.68. The lowest BCUT2D eigenvalue weighted by Gasteiger charge is -2.19. The van der Waals surface area contributed by atoms with Crippen LogP contribution in [0.4, 0.5) is 13.2 Å². The second-order valence-electron chi connectivity index (χ2n) is 5.40. The summed E-state index contributed by atoms with van der Waals surface area (Å²) in [5.41, 5.74) is 5.48. The van der Waals surface area contributed by atoms with E-state index in [1.54, 1.807) is 6.07 Å². The second-order valence-corrected chi connectivity index (χ2v) is 6.32. The molecule has 1 aromatic rings. The first-order valence-corrected chi connectivity index (χ1v) is 7.91. The highest BCUT2D eigenvalue weighted by Crippen LogP contribution is 2.37. The molecule has 0 aliphatic carbocycles. The van der Waals surface area contributed by atoms with Crippen molar-refractivity contribution in [2.24, 2.45) is 5.73 Å². The zero-order chi connectivity index (χ0) is 15.5. The number of hydrogen-bond donors (Lipinski definition) is 1. The van der Waals surface area contributed by atoms with E-state index in [-0.39, 0.29) is 11.7 Å². The van der Waals surface area contributed by atoms with E-state index in [1.165, 1.54) is 6.07 Å². The molecule has 1 aromatic carbocycles. The van der Waals surface area contributed by atoms with Gasteiger partial charge in [-0.05, 0) is 49.8 Å². The predicted molar refractivity (Wildman–Crippen MR) is 78.9 cm³/mol. The van der Waals surface area contributed by atoms with Gasteiger partial charge in [0.1, 0.15) is 0 Å². The Balaban J connectivity index is 1.99. The third-order valence-electron chi connectivity index (χ3n) is 3.79. The van der Waals surface area contributed by atoms with Gasteiger partial charge >= 0.3 is 6.18 Å². The monoisotopic (exact) mass is 365 g/mol. The molecular weight excluding hydrogens is 347 g/mol. The lowest BCUT2D eigenvalue weighted by molar-refractivity contribution is -0.138. The molecule has 1 heterocycles. The van der Waals surface area contributed by atoms with Crippen LogP contribution >= 0.6 is 15.9 Å². The molecule has 0 saturated carbocycles. The van der Waals surface area contributed by atoms with Gasteiger partial charge in [-0.2, -0.15) is 13.2 Å². The highest BCUT2D eigenvalue weighted by atomic mass is 79.9. The van der Waals surface area contributed by atoms with E-state index >= 15 is 0 Å². The van der Waals surface area contributed by atoms with Crippen LogP contribution in [-0.4, -0.2) is 12.7 Å². The van der Waals surface area contributed by atoms with Gasteiger partial charge < -0.3 is 10.5 Å². The molecule has 0 bridgehead atoms. The first-order valence-electron chi connectivity index (χ1n) is 7.12. The number of halogens is 4. The van der Waals surface area contributed by atoms with Crippen molar-refractivity contribution < 1.29 is 17.9 Å². The number of rotatable bonds is 5. The zero-order valence-electron chi connectivity index (χ0n) is 11.6. The lowest BCUT2D eigenvalue weighted by atomic mass is 9.95. The highest BCUT2D eigenvalue weighted by Gasteiger charge is 2.34. The molecule has 1 fully saturated rings. The van der Waals surface area contributed by atoms with Crippen molar-refractivity contribution in [3.05, 3.63) is 33.8 Å². The van der Waals surface area contributed by atoms with Gasteiger partial charge in [-0.1, -0.05) is 22.0 Å².